The van der Waals surface area contributed by atoms with Crippen molar-refractivity contribution in [1.29, 1.82) is 0 Å². The minimum absolute atomic E-state index is 0.00817. The fraction of sp³-hybridized carbons (Fsp3) is 0.677. The smallest absolute Gasteiger partial charge is 0.330 e. The first-order chi connectivity index (χ1) is 18.3. The van der Waals surface area contributed by atoms with Crippen molar-refractivity contribution in [2.45, 2.75) is 122 Å². The molecule has 1 saturated heterocycles. The molecule has 0 radical (unpaired) electrons. The Balaban J connectivity index is 2.77. The van der Waals surface area contributed by atoms with Gasteiger partial charge in [0.15, 0.2) is 16.6 Å². The summed E-state index contributed by atoms with van der Waals surface area (Å²) in [4.78, 5) is 27.4. The zero-order valence-electron chi connectivity index (χ0n) is 26.8. The number of unbranched alkanes of at least 4 members (excludes halogenated alkanes) is 2. The van der Waals surface area contributed by atoms with Gasteiger partial charge >= 0.3 is 5.69 Å². The quantitative estimate of drug-likeness (QED) is 0.157. The van der Waals surface area contributed by atoms with Crippen LogP contribution in [-0.4, -0.2) is 44.5 Å². The molecule has 0 unspecified atom stereocenters. The second-order valence-corrected chi connectivity index (χ2v) is 23.6. The number of H-pyrrole nitrogens is 1. The van der Waals surface area contributed by atoms with E-state index in [1.165, 1.54) is 16.8 Å². The Kier molecular flexibility index (Phi) is 11.2. The van der Waals surface area contributed by atoms with Gasteiger partial charge < -0.3 is 13.6 Å². The van der Waals surface area contributed by atoms with Gasteiger partial charge in [-0.25, -0.2) is 4.79 Å². The van der Waals surface area contributed by atoms with Crippen LogP contribution >= 0.6 is 0 Å². The predicted octanol–water partition coefficient (Wildman–Crippen LogP) is 7.32. The van der Waals surface area contributed by atoms with Gasteiger partial charge in [-0.05, 0) is 62.5 Å². The Labute approximate surface area is 244 Å². The van der Waals surface area contributed by atoms with Crippen molar-refractivity contribution in [2.75, 3.05) is 6.61 Å². The van der Waals surface area contributed by atoms with Crippen molar-refractivity contribution < 1.29 is 13.6 Å². The molecule has 1 fully saturated rings. The van der Waals surface area contributed by atoms with Gasteiger partial charge in [0.2, 0.25) is 0 Å². The highest BCUT2D eigenvalue weighted by Crippen LogP contribution is 2.49. The number of aromatic nitrogens is 2. The molecule has 0 bridgehead atoms. The molecule has 2 heterocycles. The first kappa shape index (κ1) is 34.4. The van der Waals surface area contributed by atoms with Crippen molar-refractivity contribution in [3.8, 4) is 0 Å². The van der Waals surface area contributed by atoms with Crippen molar-refractivity contribution in [1.82, 2.24) is 9.55 Å². The van der Waals surface area contributed by atoms with E-state index < -0.39 is 45.8 Å². The van der Waals surface area contributed by atoms with Crippen LogP contribution in [0.15, 0.2) is 58.8 Å². The molecule has 9 heteroatoms. The highest BCUT2D eigenvalue weighted by molar-refractivity contribution is 6.74. The molecular weight excluding hydrogens is 537 g/mol. The number of rotatable bonds is 12. The summed E-state index contributed by atoms with van der Waals surface area (Å²) in [5.41, 5.74) is -1.89. The molecule has 2 rings (SSSR count). The molecule has 4 atom stereocenters. The molecule has 0 spiro atoms. The molecule has 1 N–H and O–H groups in total. The van der Waals surface area contributed by atoms with Crippen LogP contribution in [0.1, 0.15) is 74.0 Å². The minimum atomic E-state index is -2.30. The topological polar surface area (TPSA) is 82.5 Å². The van der Waals surface area contributed by atoms with E-state index in [4.69, 9.17) is 13.6 Å². The van der Waals surface area contributed by atoms with E-state index in [9.17, 15) is 9.59 Å². The Hall–Kier alpha value is -1.79. The summed E-state index contributed by atoms with van der Waals surface area (Å²) in [6.45, 7) is 28.4. The minimum Gasteiger partial charge on any atom is -0.413 e. The maximum absolute atomic E-state index is 13.0. The number of nitrogens with one attached hydrogen (secondary N) is 1. The molecule has 1 aromatic rings. The van der Waals surface area contributed by atoms with Crippen molar-refractivity contribution in [2.24, 2.45) is 5.92 Å². The Morgan fingerprint density at radius 3 is 2.23 bits per heavy atom. The van der Waals surface area contributed by atoms with E-state index in [1.807, 2.05) is 19.1 Å². The van der Waals surface area contributed by atoms with Crippen LogP contribution in [0.25, 0.3) is 0 Å². The Bertz CT molecular complexity index is 1170. The summed E-state index contributed by atoms with van der Waals surface area (Å²) in [5, 5.41) is -0.0334. The summed E-state index contributed by atoms with van der Waals surface area (Å²) >= 11 is 0. The van der Waals surface area contributed by atoms with Crippen LogP contribution < -0.4 is 11.2 Å². The van der Waals surface area contributed by atoms with Gasteiger partial charge in [-0.15, -0.1) is 6.58 Å². The monoisotopic (exact) mass is 590 g/mol. The third-order valence-electron chi connectivity index (χ3n) is 8.91. The number of aromatic amines is 1. The highest BCUT2D eigenvalue weighted by atomic mass is 28.4. The zero-order valence-corrected chi connectivity index (χ0v) is 28.8. The van der Waals surface area contributed by atoms with E-state index >= 15 is 0 Å². The fourth-order valence-electron chi connectivity index (χ4n) is 4.28. The van der Waals surface area contributed by atoms with Gasteiger partial charge in [-0.1, -0.05) is 71.9 Å². The van der Waals surface area contributed by atoms with Crippen LogP contribution in [-0.2, 0) is 13.6 Å². The van der Waals surface area contributed by atoms with Crippen LogP contribution in [0, 0.1) is 5.92 Å². The van der Waals surface area contributed by atoms with Crippen LogP contribution in [0.4, 0.5) is 0 Å². The SMILES string of the molecule is C=CCCC/C=C/[C@]1(CO[Si](C)(C)C(C)(C)C)O[C@@H](n2ccc(=O)[nH]c2=O)[C@H](/C=C/C)[C@@H]1O[Si](C)(C)C(C)(C)C. The number of hydrogen-bond donors (Lipinski definition) is 1. The van der Waals surface area contributed by atoms with Crippen LogP contribution in [0.2, 0.25) is 36.3 Å². The van der Waals surface area contributed by atoms with Crippen LogP contribution in [0.5, 0.6) is 0 Å². The zero-order chi connectivity index (χ0) is 30.6. The highest BCUT2D eigenvalue weighted by Gasteiger charge is 2.58. The maximum Gasteiger partial charge on any atom is 0.330 e. The normalized spacial score (nSPS) is 24.8. The van der Waals surface area contributed by atoms with Gasteiger partial charge in [0, 0.05) is 12.3 Å². The van der Waals surface area contributed by atoms with E-state index in [0.717, 1.165) is 19.3 Å². The fourth-order valence-corrected chi connectivity index (χ4v) is 6.64. The Morgan fingerprint density at radius 2 is 1.70 bits per heavy atom. The number of hydrogen-bond acceptors (Lipinski definition) is 5. The summed E-state index contributed by atoms with van der Waals surface area (Å²) in [7, 11) is -4.47. The molecule has 40 heavy (non-hydrogen) atoms. The third-order valence-corrected chi connectivity index (χ3v) is 17.8. The first-order valence-electron chi connectivity index (χ1n) is 14.5. The summed E-state index contributed by atoms with van der Waals surface area (Å²) in [5.74, 6) is -0.288. The van der Waals surface area contributed by atoms with Crippen LogP contribution in [0.3, 0.4) is 0 Å². The lowest BCUT2D eigenvalue weighted by Crippen LogP contribution is -2.55. The summed E-state index contributed by atoms with van der Waals surface area (Å²) in [6.07, 6.45) is 13.5. The molecular formula is C31H54N2O5Si2. The van der Waals surface area contributed by atoms with Gasteiger partial charge in [-0.2, -0.15) is 0 Å². The number of ether oxygens (including phenoxy) is 1. The van der Waals surface area contributed by atoms with E-state index in [-0.39, 0.29) is 16.0 Å². The molecule has 7 nitrogen and oxygen atoms in total. The molecule has 1 aliphatic rings. The van der Waals surface area contributed by atoms with E-state index in [0.29, 0.717) is 6.61 Å². The number of nitrogens with zero attached hydrogens (tertiary/aromatic N) is 1. The molecule has 1 aromatic heterocycles. The summed E-state index contributed by atoms with van der Waals surface area (Å²) < 4.78 is 22.6. The van der Waals surface area contributed by atoms with E-state index in [2.05, 4.69) is 97.5 Å². The maximum atomic E-state index is 13.0. The first-order valence-corrected chi connectivity index (χ1v) is 20.4. The lowest BCUT2D eigenvalue weighted by atomic mass is 9.89. The third kappa shape index (κ3) is 7.94. The largest absolute Gasteiger partial charge is 0.413 e. The standard InChI is InChI=1S/C31H54N2O5Si2/c1-13-15-16-17-18-21-31(23-36-39(9,10)29(3,4)5)26(38-40(11,12)30(6,7)8)24(19-14-2)27(37-31)33-22-20-25(34)32-28(33)35/h13-14,18-22,24,26-27H,1,15-17,23H2,2-12H3,(H,32,34,35)/b19-14+,21-18+/t24-,26+,27-,31-/m1/s1. The van der Waals surface area contributed by atoms with Gasteiger partial charge in [0.25, 0.3) is 5.56 Å². The second kappa shape index (κ2) is 13.0. The van der Waals surface area contributed by atoms with Gasteiger partial charge in [0.05, 0.1) is 18.6 Å². The van der Waals surface area contributed by atoms with E-state index in [1.54, 1.807) is 0 Å². The second-order valence-electron chi connectivity index (χ2n) is 14.1. The lowest BCUT2D eigenvalue weighted by Gasteiger charge is -2.45. The molecule has 226 valence electrons. The molecule has 0 saturated carbocycles. The van der Waals surface area contributed by atoms with Crippen molar-refractivity contribution in [3.63, 3.8) is 0 Å². The average molecular weight is 591 g/mol. The Morgan fingerprint density at radius 1 is 1.07 bits per heavy atom. The molecule has 0 amide bonds. The average Bonchev–Trinajstić information content (AvgIpc) is 3.09. The van der Waals surface area contributed by atoms with Gasteiger partial charge in [0.1, 0.15) is 11.8 Å². The van der Waals surface area contributed by atoms with Crippen molar-refractivity contribution >= 4 is 16.6 Å². The number of allylic oxidation sites excluding steroid dienone is 3. The summed E-state index contributed by atoms with van der Waals surface area (Å²) in [6, 6.07) is 1.36. The molecule has 0 aliphatic carbocycles. The molecule has 1 aliphatic heterocycles. The molecule has 0 aromatic carbocycles. The van der Waals surface area contributed by atoms with Gasteiger partial charge in [-0.3, -0.25) is 14.3 Å². The van der Waals surface area contributed by atoms with Crippen molar-refractivity contribution in [3.05, 3.63) is 70.1 Å². The predicted molar refractivity (Wildman–Crippen MR) is 171 cm³/mol. The lowest BCUT2D eigenvalue weighted by molar-refractivity contribution is -0.0930.